The molecule has 1 rings (SSSR count). The number of anilines is 1. The summed E-state index contributed by atoms with van der Waals surface area (Å²) in [6.45, 7) is 5.75. The summed E-state index contributed by atoms with van der Waals surface area (Å²) in [5.41, 5.74) is 2.37. The summed E-state index contributed by atoms with van der Waals surface area (Å²) in [7, 11) is -1.68. The van der Waals surface area contributed by atoms with E-state index in [1.165, 1.54) is 17.6 Å². The molecule has 0 aliphatic carbocycles. The Bertz CT molecular complexity index is 437. The van der Waals surface area contributed by atoms with Crippen LogP contribution in [0, 0.1) is 13.8 Å². The highest BCUT2D eigenvalue weighted by Crippen LogP contribution is 2.22. The summed E-state index contributed by atoms with van der Waals surface area (Å²) in [6, 6.07) is 5.47. The van der Waals surface area contributed by atoms with Crippen LogP contribution in [0.3, 0.4) is 0 Å². The summed E-state index contributed by atoms with van der Waals surface area (Å²) in [5, 5.41) is 0. The minimum absolute atomic E-state index is 0.632. The van der Waals surface area contributed by atoms with Gasteiger partial charge in [0.25, 0.3) is 0 Å². The number of rotatable bonds is 2. The summed E-state index contributed by atoms with van der Waals surface area (Å²) in [5.74, 6) is 0. The molecule has 0 aliphatic heterocycles. The molecule has 0 aliphatic rings. The zero-order valence-electron chi connectivity index (χ0n) is 8.61. The van der Waals surface area contributed by atoms with Crippen molar-refractivity contribution in [3.05, 3.63) is 36.2 Å². The van der Waals surface area contributed by atoms with E-state index in [9.17, 15) is 8.42 Å². The number of hydrogen-bond donors (Lipinski definition) is 0. The highest BCUT2D eigenvalue weighted by Gasteiger charge is 2.14. The maximum Gasteiger partial charge on any atom is 0.232 e. The molecule has 0 unspecified atom stereocenters. The third-order valence-electron chi connectivity index (χ3n) is 2.22. The van der Waals surface area contributed by atoms with E-state index in [4.69, 9.17) is 0 Å². The van der Waals surface area contributed by atoms with E-state index < -0.39 is 10.0 Å². The standard InChI is InChI=1S/C10H14NO2S/c1-8-6-5-7-10(9(8)2)11(3)14(4,12)13/h5-7H,2H2,1,3-4H3. The van der Waals surface area contributed by atoms with Gasteiger partial charge in [-0.25, -0.2) is 8.42 Å². The maximum atomic E-state index is 11.3. The predicted octanol–water partition coefficient (Wildman–Crippen LogP) is 1.57. The lowest BCUT2D eigenvalue weighted by atomic mass is 10.1. The van der Waals surface area contributed by atoms with E-state index in [1.807, 2.05) is 19.1 Å². The number of sulfonamides is 1. The summed E-state index contributed by atoms with van der Waals surface area (Å²) in [4.78, 5) is 0. The van der Waals surface area contributed by atoms with E-state index in [1.54, 1.807) is 6.07 Å². The Hall–Kier alpha value is -1.03. The van der Waals surface area contributed by atoms with Crippen LogP contribution in [0.4, 0.5) is 5.69 Å². The monoisotopic (exact) mass is 212 g/mol. The molecule has 0 saturated heterocycles. The molecule has 1 aromatic carbocycles. The molecule has 1 radical (unpaired) electrons. The van der Waals surface area contributed by atoms with E-state index in [0.29, 0.717) is 5.69 Å². The molecular formula is C10H14NO2S. The van der Waals surface area contributed by atoms with Crippen LogP contribution in [-0.4, -0.2) is 21.7 Å². The lowest BCUT2D eigenvalue weighted by molar-refractivity contribution is 0.600. The summed E-state index contributed by atoms with van der Waals surface area (Å²) >= 11 is 0. The van der Waals surface area contributed by atoms with Gasteiger partial charge in [-0.3, -0.25) is 4.31 Å². The molecule has 4 heteroatoms. The number of benzene rings is 1. The van der Waals surface area contributed by atoms with Gasteiger partial charge in [0.1, 0.15) is 0 Å². The van der Waals surface area contributed by atoms with Crippen LogP contribution in [0.25, 0.3) is 0 Å². The third-order valence-corrected chi connectivity index (χ3v) is 3.41. The van der Waals surface area contributed by atoms with Crippen LogP contribution in [0.5, 0.6) is 0 Å². The van der Waals surface area contributed by atoms with Gasteiger partial charge in [-0.2, -0.15) is 0 Å². The molecule has 0 N–H and O–H groups in total. The second-order valence-electron chi connectivity index (χ2n) is 3.30. The highest BCUT2D eigenvalue weighted by atomic mass is 32.2. The molecule has 77 valence electrons. The molecular weight excluding hydrogens is 198 g/mol. The van der Waals surface area contributed by atoms with Gasteiger partial charge in [-0.05, 0) is 31.0 Å². The van der Waals surface area contributed by atoms with Crippen molar-refractivity contribution in [3.8, 4) is 0 Å². The van der Waals surface area contributed by atoms with Crippen molar-refractivity contribution < 1.29 is 8.42 Å². The van der Waals surface area contributed by atoms with E-state index in [-0.39, 0.29) is 0 Å². The maximum absolute atomic E-state index is 11.3. The Labute approximate surface area is 85.4 Å². The van der Waals surface area contributed by atoms with Crippen LogP contribution in [0.15, 0.2) is 18.2 Å². The third kappa shape index (κ3) is 2.07. The summed E-state index contributed by atoms with van der Waals surface area (Å²) < 4.78 is 23.8. The second kappa shape index (κ2) is 3.61. The Kier molecular flexibility index (Phi) is 2.85. The number of nitrogens with zero attached hydrogens (tertiary/aromatic N) is 1. The van der Waals surface area contributed by atoms with Crippen LogP contribution in [-0.2, 0) is 10.0 Å². The first-order chi connectivity index (χ1) is 6.34. The SMILES string of the molecule is [CH2]c1c(C)cccc1N(C)S(C)(=O)=O. The molecule has 14 heavy (non-hydrogen) atoms. The number of hydrogen-bond acceptors (Lipinski definition) is 2. The molecule has 3 nitrogen and oxygen atoms in total. The quantitative estimate of drug-likeness (QED) is 0.746. The largest absolute Gasteiger partial charge is 0.273 e. The zero-order valence-corrected chi connectivity index (χ0v) is 9.43. The molecule has 0 heterocycles. The fraction of sp³-hybridized carbons (Fsp3) is 0.300. The number of aryl methyl sites for hydroxylation is 1. The van der Waals surface area contributed by atoms with E-state index >= 15 is 0 Å². The molecule has 0 bridgehead atoms. The molecule has 0 fully saturated rings. The molecule has 1 aromatic rings. The second-order valence-corrected chi connectivity index (χ2v) is 5.32. The van der Waals surface area contributed by atoms with Crippen molar-refractivity contribution in [1.29, 1.82) is 0 Å². The van der Waals surface area contributed by atoms with Crippen molar-refractivity contribution in [3.63, 3.8) is 0 Å². The molecule has 0 atom stereocenters. The molecule has 0 amide bonds. The topological polar surface area (TPSA) is 37.4 Å². The predicted molar refractivity (Wildman–Crippen MR) is 58.9 cm³/mol. The van der Waals surface area contributed by atoms with Gasteiger partial charge in [-0.1, -0.05) is 12.1 Å². The normalized spacial score (nSPS) is 11.4. The van der Waals surface area contributed by atoms with Gasteiger partial charge in [-0.15, -0.1) is 0 Å². The van der Waals surface area contributed by atoms with E-state index in [0.717, 1.165) is 11.1 Å². The molecule has 0 saturated carbocycles. The minimum atomic E-state index is -3.20. The first-order valence-electron chi connectivity index (χ1n) is 4.19. The minimum Gasteiger partial charge on any atom is -0.273 e. The summed E-state index contributed by atoms with van der Waals surface area (Å²) in [6.07, 6.45) is 1.18. The fourth-order valence-electron chi connectivity index (χ4n) is 1.16. The fourth-order valence-corrected chi connectivity index (χ4v) is 1.69. The lowest BCUT2D eigenvalue weighted by Gasteiger charge is -2.19. The molecule has 0 spiro atoms. The van der Waals surface area contributed by atoms with Crippen molar-refractivity contribution in [2.45, 2.75) is 6.92 Å². The van der Waals surface area contributed by atoms with Gasteiger partial charge in [0.2, 0.25) is 10.0 Å². The smallest absolute Gasteiger partial charge is 0.232 e. The van der Waals surface area contributed by atoms with Crippen molar-refractivity contribution in [1.82, 2.24) is 0 Å². The Morgan fingerprint density at radius 2 is 1.93 bits per heavy atom. The average molecular weight is 212 g/mol. The van der Waals surface area contributed by atoms with Crippen LogP contribution in [0.2, 0.25) is 0 Å². The zero-order chi connectivity index (χ0) is 10.9. The van der Waals surface area contributed by atoms with Crippen LogP contribution >= 0.6 is 0 Å². The highest BCUT2D eigenvalue weighted by molar-refractivity contribution is 7.92. The Balaban J connectivity index is 3.28. The first kappa shape index (κ1) is 11.0. The van der Waals surface area contributed by atoms with Crippen LogP contribution in [0.1, 0.15) is 11.1 Å². The van der Waals surface area contributed by atoms with Gasteiger partial charge in [0.05, 0.1) is 11.9 Å². The first-order valence-corrected chi connectivity index (χ1v) is 6.04. The van der Waals surface area contributed by atoms with Crippen molar-refractivity contribution in [2.24, 2.45) is 0 Å². The average Bonchev–Trinajstić information content (AvgIpc) is 2.07. The van der Waals surface area contributed by atoms with Gasteiger partial charge in [0, 0.05) is 7.05 Å². The van der Waals surface area contributed by atoms with Gasteiger partial charge in [0.15, 0.2) is 0 Å². The van der Waals surface area contributed by atoms with Crippen LogP contribution < -0.4 is 4.31 Å². The Morgan fingerprint density at radius 3 is 2.43 bits per heavy atom. The van der Waals surface area contributed by atoms with Gasteiger partial charge < -0.3 is 0 Å². The van der Waals surface area contributed by atoms with Crippen molar-refractivity contribution >= 4 is 15.7 Å². The lowest BCUT2D eigenvalue weighted by Crippen LogP contribution is -2.25. The molecule has 0 aromatic heterocycles. The van der Waals surface area contributed by atoms with Gasteiger partial charge >= 0.3 is 0 Å². The van der Waals surface area contributed by atoms with Crippen molar-refractivity contribution in [2.75, 3.05) is 17.6 Å². The Morgan fingerprint density at radius 1 is 1.36 bits per heavy atom. The van der Waals surface area contributed by atoms with E-state index in [2.05, 4.69) is 6.92 Å².